The molecule has 1 nitrogen and oxygen atoms in total. The minimum Gasteiger partial charge on any atom is -0.414 e. The first-order chi connectivity index (χ1) is 6.74. The van der Waals surface area contributed by atoms with Crippen LogP contribution >= 0.6 is 0 Å². The summed E-state index contributed by atoms with van der Waals surface area (Å²) in [4.78, 5) is 0. The van der Waals surface area contributed by atoms with Crippen molar-refractivity contribution in [3.8, 4) is 0 Å². The average molecular weight is 228 g/mol. The maximum absolute atomic E-state index is 6.34. The van der Waals surface area contributed by atoms with E-state index in [1.54, 1.807) is 0 Å². The molecule has 0 saturated carbocycles. The van der Waals surface area contributed by atoms with Crippen molar-refractivity contribution in [3.63, 3.8) is 0 Å². The van der Waals surface area contributed by atoms with Crippen LogP contribution in [0.1, 0.15) is 47.0 Å². The fraction of sp³-hybridized carbons (Fsp3) is 0.846. The highest BCUT2D eigenvalue weighted by atomic mass is 28.4. The largest absolute Gasteiger partial charge is 0.414 e. The van der Waals surface area contributed by atoms with Crippen molar-refractivity contribution in [2.75, 3.05) is 0 Å². The van der Waals surface area contributed by atoms with Crippen molar-refractivity contribution in [1.29, 1.82) is 0 Å². The van der Waals surface area contributed by atoms with Gasteiger partial charge in [0.05, 0.1) is 0 Å². The normalized spacial score (nSPS) is 15.1. The smallest absolute Gasteiger partial charge is 0.192 e. The molecule has 0 saturated heterocycles. The fourth-order valence-corrected chi connectivity index (χ4v) is 2.71. The lowest BCUT2D eigenvalue weighted by atomic mass is 10.1. The molecule has 90 valence electrons. The second-order valence-corrected chi connectivity index (χ2v) is 10.5. The van der Waals surface area contributed by atoms with E-state index in [1.165, 1.54) is 0 Å². The Morgan fingerprint density at radius 1 is 1.33 bits per heavy atom. The lowest BCUT2D eigenvalue weighted by Gasteiger charge is -2.39. The standard InChI is InChI=1S/C13H28OSi/c1-8-10-11-12(9-2)14-15(6,7)13(3,4)5/h8,12H,1,9-11H2,2-7H3/t12-/m1/s1. The zero-order valence-electron chi connectivity index (χ0n) is 11.4. The van der Waals surface area contributed by atoms with Gasteiger partial charge in [-0.15, -0.1) is 6.58 Å². The van der Waals surface area contributed by atoms with E-state index >= 15 is 0 Å². The molecule has 1 atom stereocenters. The summed E-state index contributed by atoms with van der Waals surface area (Å²) in [5.74, 6) is 0. The first kappa shape index (κ1) is 14.9. The van der Waals surface area contributed by atoms with Gasteiger partial charge >= 0.3 is 0 Å². The lowest BCUT2D eigenvalue weighted by molar-refractivity contribution is 0.168. The van der Waals surface area contributed by atoms with Crippen LogP contribution in [0.3, 0.4) is 0 Å². The molecule has 2 heteroatoms. The van der Waals surface area contributed by atoms with Crippen LogP contribution in [0, 0.1) is 0 Å². The fourth-order valence-electron chi connectivity index (χ4n) is 1.24. The van der Waals surface area contributed by atoms with Crippen molar-refractivity contribution in [1.82, 2.24) is 0 Å². The zero-order valence-corrected chi connectivity index (χ0v) is 12.4. The topological polar surface area (TPSA) is 9.23 Å². The molecule has 0 spiro atoms. The number of hydrogen-bond donors (Lipinski definition) is 0. The third-order valence-corrected chi connectivity index (χ3v) is 7.95. The van der Waals surface area contributed by atoms with Gasteiger partial charge in [-0.1, -0.05) is 33.8 Å². The molecule has 0 amide bonds. The van der Waals surface area contributed by atoms with E-state index in [0.29, 0.717) is 11.1 Å². The Balaban J connectivity index is 4.33. The third-order valence-electron chi connectivity index (χ3n) is 3.42. The highest BCUT2D eigenvalue weighted by Gasteiger charge is 2.38. The molecule has 0 aliphatic heterocycles. The van der Waals surface area contributed by atoms with Crippen molar-refractivity contribution in [3.05, 3.63) is 12.7 Å². The van der Waals surface area contributed by atoms with Gasteiger partial charge in [-0.3, -0.25) is 0 Å². The second-order valence-electron chi connectivity index (χ2n) is 5.77. The number of allylic oxidation sites excluding steroid dienone is 1. The van der Waals surface area contributed by atoms with Crippen LogP contribution in [0.25, 0.3) is 0 Å². The Bertz CT molecular complexity index is 191. The van der Waals surface area contributed by atoms with E-state index in [0.717, 1.165) is 19.3 Å². The molecule has 0 aromatic carbocycles. The van der Waals surface area contributed by atoms with Gasteiger partial charge in [-0.05, 0) is 37.4 Å². The first-order valence-electron chi connectivity index (χ1n) is 6.03. The molecule has 15 heavy (non-hydrogen) atoms. The summed E-state index contributed by atoms with van der Waals surface area (Å²) < 4.78 is 6.34. The predicted octanol–water partition coefficient (Wildman–Crippen LogP) is 4.75. The lowest BCUT2D eigenvalue weighted by Crippen LogP contribution is -2.43. The van der Waals surface area contributed by atoms with Crippen LogP contribution in [0.4, 0.5) is 0 Å². The van der Waals surface area contributed by atoms with E-state index in [9.17, 15) is 0 Å². The van der Waals surface area contributed by atoms with Crippen LogP contribution in [0.15, 0.2) is 12.7 Å². The molecule has 0 heterocycles. The van der Waals surface area contributed by atoms with E-state index < -0.39 is 8.32 Å². The second kappa shape index (κ2) is 5.85. The van der Waals surface area contributed by atoms with Crippen molar-refractivity contribution in [2.24, 2.45) is 0 Å². The Labute approximate surface area is 97.0 Å². The van der Waals surface area contributed by atoms with Crippen LogP contribution < -0.4 is 0 Å². The number of rotatable bonds is 6. The summed E-state index contributed by atoms with van der Waals surface area (Å²) in [7, 11) is -1.57. The maximum atomic E-state index is 6.34. The van der Waals surface area contributed by atoms with Crippen LogP contribution in [0.2, 0.25) is 18.1 Å². The summed E-state index contributed by atoms with van der Waals surface area (Å²) in [6.07, 6.45) is 5.70. The van der Waals surface area contributed by atoms with Crippen LogP contribution in [-0.4, -0.2) is 14.4 Å². The molecule has 0 bridgehead atoms. The molecule has 0 aliphatic rings. The highest BCUT2D eigenvalue weighted by Crippen LogP contribution is 2.38. The predicted molar refractivity (Wildman–Crippen MR) is 71.8 cm³/mol. The Hall–Kier alpha value is -0.0831. The maximum Gasteiger partial charge on any atom is 0.192 e. The number of hydrogen-bond acceptors (Lipinski definition) is 1. The summed E-state index contributed by atoms with van der Waals surface area (Å²) in [6, 6.07) is 0. The summed E-state index contributed by atoms with van der Waals surface area (Å²) in [5.41, 5.74) is 0. The molecular formula is C13H28OSi. The molecule has 0 fully saturated rings. The Morgan fingerprint density at radius 2 is 1.87 bits per heavy atom. The van der Waals surface area contributed by atoms with E-state index in [-0.39, 0.29) is 0 Å². The summed E-state index contributed by atoms with van der Waals surface area (Å²) in [6.45, 7) is 17.5. The SMILES string of the molecule is C=CCC[C@@H](CC)O[Si](C)(C)C(C)(C)C. The van der Waals surface area contributed by atoms with Crippen molar-refractivity contribution in [2.45, 2.75) is 71.2 Å². The summed E-state index contributed by atoms with van der Waals surface area (Å²) >= 11 is 0. The molecule has 0 aromatic rings. The van der Waals surface area contributed by atoms with Gasteiger partial charge < -0.3 is 4.43 Å². The van der Waals surface area contributed by atoms with Crippen molar-refractivity contribution < 1.29 is 4.43 Å². The first-order valence-corrected chi connectivity index (χ1v) is 8.94. The molecule has 0 radical (unpaired) electrons. The van der Waals surface area contributed by atoms with Gasteiger partial charge in [-0.25, -0.2) is 0 Å². The van der Waals surface area contributed by atoms with Gasteiger partial charge in [0, 0.05) is 6.10 Å². The van der Waals surface area contributed by atoms with Gasteiger partial charge in [0.15, 0.2) is 8.32 Å². The minimum absolute atomic E-state index is 0.314. The van der Waals surface area contributed by atoms with E-state index in [4.69, 9.17) is 4.43 Å². The van der Waals surface area contributed by atoms with Gasteiger partial charge in [0.1, 0.15) is 0 Å². The van der Waals surface area contributed by atoms with Crippen LogP contribution in [0.5, 0.6) is 0 Å². The molecule has 0 unspecified atom stereocenters. The van der Waals surface area contributed by atoms with E-state index in [2.05, 4.69) is 47.4 Å². The van der Waals surface area contributed by atoms with Gasteiger partial charge in [0.25, 0.3) is 0 Å². The van der Waals surface area contributed by atoms with Gasteiger partial charge in [-0.2, -0.15) is 0 Å². The average Bonchev–Trinajstić information content (AvgIpc) is 2.10. The molecule has 0 rings (SSSR count). The zero-order chi connectivity index (χ0) is 12.1. The Morgan fingerprint density at radius 3 is 2.20 bits per heavy atom. The third kappa shape index (κ3) is 4.98. The molecule has 0 N–H and O–H groups in total. The quantitative estimate of drug-likeness (QED) is 0.471. The minimum atomic E-state index is -1.57. The molecule has 0 aliphatic carbocycles. The Kier molecular flexibility index (Phi) is 5.82. The van der Waals surface area contributed by atoms with Crippen molar-refractivity contribution >= 4 is 8.32 Å². The highest BCUT2D eigenvalue weighted by molar-refractivity contribution is 6.74. The van der Waals surface area contributed by atoms with E-state index in [1.807, 2.05) is 6.08 Å². The molecule has 0 aromatic heterocycles. The van der Waals surface area contributed by atoms with Gasteiger partial charge in [0.2, 0.25) is 0 Å². The molecular weight excluding hydrogens is 200 g/mol. The van der Waals surface area contributed by atoms with Crippen LogP contribution in [-0.2, 0) is 4.43 Å². The summed E-state index contributed by atoms with van der Waals surface area (Å²) in [5, 5.41) is 0.314. The monoisotopic (exact) mass is 228 g/mol.